The number of halogens is 1. The van der Waals surface area contributed by atoms with Gasteiger partial charge in [-0.05, 0) is 43.4 Å². The SMILES string of the molecule is CC(=O)N1CCC[C@@H](Cc2cncc(-c3cc(F)ccc3C(=O)O)n2)C1. The molecule has 1 amide bonds. The zero-order chi connectivity index (χ0) is 18.7. The number of hydrogen-bond donors (Lipinski definition) is 1. The van der Waals surface area contributed by atoms with Gasteiger partial charge in [-0.15, -0.1) is 0 Å². The fourth-order valence-corrected chi connectivity index (χ4v) is 3.36. The zero-order valence-electron chi connectivity index (χ0n) is 14.5. The Balaban J connectivity index is 1.84. The Morgan fingerprint density at radius 2 is 2.15 bits per heavy atom. The van der Waals surface area contributed by atoms with Crippen molar-refractivity contribution in [2.45, 2.75) is 26.2 Å². The number of carbonyl (C=O) groups excluding carboxylic acids is 1. The Kier molecular flexibility index (Phi) is 5.25. The second kappa shape index (κ2) is 7.59. The highest BCUT2D eigenvalue weighted by Crippen LogP contribution is 2.25. The second-order valence-corrected chi connectivity index (χ2v) is 6.57. The molecule has 26 heavy (non-hydrogen) atoms. The summed E-state index contributed by atoms with van der Waals surface area (Å²) in [5.41, 5.74) is 1.23. The van der Waals surface area contributed by atoms with Crippen molar-refractivity contribution in [3.8, 4) is 11.3 Å². The van der Waals surface area contributed by atoms with Gasteiger partial charge in [-0.3, -0.25) is 9.78 Å². The molecule has 0 aliphatic carbocycles. The second-order valence-electron chi connectivity index (χ2n) is 6.57. The Morgan fingerprint density at radius 1 is 1.35 bits per heavy atom. The van der Waals surface area contributed by atoms with Crippen molar-refractivity contribution in [3.05, 3.63) is 47.7 Å². The van der Waals surface area contributed by atoms with Gasteiger partial charge < -0.3 is 10.0 Å². The third-order valence-electron chi connectivity index (χ3n) is 4.63. The number of rotatable bonds is 4. The van der Waals surface area contributed by atoms with Gasteiger partial charge in [0.25, 0.3) is 0 Å². The van der Waals surface area contributed by atoms with Crippen LogP contribution in [0.5, 0.6) is 0 Å². The Hall–Kier alpha value is -2.83. The number of carboxylic acids is 1. The highest BCUT2D eigenvalue weighted by Gasteiger charge is 2.22. The first-order chi connectivity index (χ1) is 12.4. The smallest absolute Gasteiger partial charge is 0.336 e. The lowest BCUT2D eigenvalue weighted by Crippen LogP contribution is -2.39. The van der Waals surface area contributed by atoms with Crippen LogP contribution in [-0.2, 0) is 11.2 Å². The number of amides is 1. The van der Waals surface area contributed by atoms with E-state index in [1.807, 2.05) is 4.90 Å². The molecule has 1 aliphatic rings. The first kappa shape index (κ1) is 18.0. The molecular weight excluding hydrogens is 337 g/mol. The number of likely N-dealkylation sites (tertiary alicyclic amines) is 1. The minimum absolute atomic E-state index is 0.0155. The van der Waals surface area contributed by atoms with Crippen LogP contribution in [-0.4, -0.2) is 44.9 Å². The Bertz CT molecular complexity index is 841. The molecule has 136 valence electrons. The topological polar surface area (TPSA) is 83.4 Å². The van der Waals surface area contributed by atoms with Gasteiger partial charge in [0.05, 0.1) is 23.1 Å². The number of aromatic nitrogens is 2. The maximum Gasteiger partial charge on any atom is 0.336 e. The molecule has 2 heterocycles. The van der Waals surface area contributed by atoms with Crippen molar-refractivity contribution in [1.82, 2.24) is 14.9 Å². The van der Waals surface area contributed by atoms with E-state index in [1.54, 1.807) is 13.1 Å². The van der Waals surface area contributed by atoms with Gasteiger partial charge in [0.15, 0.2) is 0 Å². The number of carbonyl (C=O) groups is 2. The van der Waals surface area contributed by atoms with Gasteiger partial charge in [0.1, 0.15) is 5.82 Å². The monoisotopic (exact) mass is 357 g/mol. The van der Waals surface area contributed by atoms with E-state index in [0.29, 0.717) is 24.4 Å². The minimum atomic E-state index is -1.14. The van der Waals surface area contributed by atoms with Crippen LogP contribution in [0.15, 0.2) is 30.6 Å². The molecule has 0 saturated carbocycles. The molecule has 7 heteroatoms. The normalized spacial score (nSPS) is 17.2. The fourth-order valence-electron chi connectivity index (χ4n) is 3.36. The number of carboxylic acid groups (broad SMARTS) is 1. The van der Waals surface area contributed by atoms with Crippen LogP contribution in [0.25, 0.3) is 11.3 Å². The highest BCUT2D eigenvalue weighted by molar-refractivity contribution is 5.95. The van der Waals surface area contributed by atoms with E-state index >= 15 is 0 Å². The molecule has 0 radical (unpaired) electrons. The van der Waals surface area contributed by atoms with Crippen LogP contribution < -0.4 is 0 Å². The van der Waals surface area contributed by atoms with Crippen molar-refractivity contribution in [3.63, 3.8) is 0 Å². The first-order valence-electron chi connectivity index (χ1n) is 8.53. The van der Waals surface area contributed by atoms with Gasteiger partial charge in [0, 0.05) is 31.8 Å². The quantitative estimate of drug-likeness (QED) is 0.910. The van der Waals surface area contributed by atoms with E-state index in [4.69, 9.17) is 0 Å². The lowest BCUT2D eigenvalue weighted by Gasteiger charge is -2.31. The van der Waals surface area contributed by atoms with Crippen molar-refractivity contribution >= 4 is 11.9 Å². The average molecular weight is 357 g/mol. The predicted octanol–water partition coefficient (Wildman–Crippen LogP) is 2.78. The van der Waals surface area contributed by atoms with E-state index in [2.05, 4.69) is 9.97 Å². The minimum Gasteiger partial charge on any atom is -0.478 e. The molecule has 1 aromatic carbocycles. The molecule has 1 N–H and O–H groups in total. The third kappa shape index (κ3) is 4.04. The molecule has 1 aliphatic heterocycles. The molecule has 1 saturated heterocycles. The van der Waals surface area contributed by atoms with Crippen molar-refractivity contribution in [2.24, 2.45) is 5.92 Å². The lowest BCUT2D eigenvalue weighted by atomic mass is 9.93. The van der Waals surface area contributed by atoms with Crippen LogP contribution in [0.4, 0.5) is 4.39 Å². The predicted molar refractivity (Wildman–Crippen MR) is 93.1 cm³/mol. The standard InChI is InChI=1S/C19H20FN3O3/c1-12(24)23-6-2-3-13(11-23)7-15-9-21-10-18(22-15)17-8-14(20)4-5-16(17)19(25)26/h4-5,8-10,13H,2-3,6-7,11H2,1H3,(H,25,26)/t13-/m0/s1. The van der Waals surface area contributed by atoms with E-state index in [0.717, 1.165) is 31.5 Å². The summed E-state index contributed by atoms with van der Waals surface area (Å²) in [5.74, 6) is -1.32. The van der Waals surface area contributed by atoms with Gasteiger partial charge in [0.2, 0.25) is 5.91 Å². The van der Waals surface area contributed by atoms with Crippen molar-refractivity contribution in [2.75, 3.05) is 13.1 Å². The van der Waals surface area contributed by atoms with Crippen LogP contribution >= 0.6 is 0 Å². The summed E-state index contributed by atoms with van der Waals surface area (Å²) < 4.78 is 13.6. The molecule has 6 nitrogen and oxygen atoms in total. The summed E-state index contributed by atoms with van der Waals surface area (Å²) in [4.78, 5) is 33.5. The summed E-state index contributed by atoms with van der Waals surface area (Å²) in [6, 6.07) is 3.51. The van der Waals surface area contributed by atoms with Gasteiger partial charge >= 0.3 is 5.97 Å². The number of piperidine rings is 1. The van der Waals surface area contributed by atoms with Crippen LogP contribution in [0, 0.1) is 11.7 Å². The Labute approximate surface area is 150 Å². The average Bonchev–Trinajstić information content (AvgIpc) is 2.62. The summed E-state index contributed by atoms with van der Waals surface area (Å²) in [5, 5.41) is 9.32. The van der Waals surface area contributed by atoms with Gasteiger partial charge in [-0.2, -0.15) is 0 Å². The molecule has 0 unspecified atom stereocenters. The summed E-state index contributed by atoms with van der Waals surface area (Å²) >= 11 is 0. The van der Waals surface area contributed by atoms with E-state index < -0.39 is 11.8 Å². The van der Waals surface area contributed by atoms with Crippen LogP contribution in [0.3, 0.4) is 0 Å². The molecule has 2 aromatic rings. The molecule has 0 spiro atoms. The molecule has 1 aromatic heterocycles. The molecule has 3 rings (SSSR count). The van der Waals surface area contributed by atoms with Crippen LogP contribution in [0.1, 0.15) is 35.8 Å². The van der Waals surface area contributed by atoms with E-state index in [9.17, 15) is 19.1 Å². The summed E-state index contributed by atoms with van der Waals surface area (Å²) in [7, 11) is 0. The maximum atomic E-state index is 13.6. The van der Waals surface area contributed by atoms with Gasteiger partial charge in [-0.1, -0.05) is 0 Å². The maximum absolute atomic E-state index is 13.6. The van der Waals surface area contributed by atoms with Crippen molar-refractivity contribution in [1.29, 1.82) is 0 Å². The fraction of sp³-hybridized carbons (Fsp3) is 0.368. The number of aromatic carboxylic acids is 1. The number of benzene rings is 1. The zero-order valence-corrected chi connectivity index (χ0v) is 14.5. The molecule has 1 fully saturated rings. The first-order valence-corrected chi connectivity index (χ1v) is 8.53. The summed E-state index contributed by atoms with van der Waals surface area (Å²) in [6.07, 6.45) is 5.66. The molecular formula is C19H20FN3O3. The van der Waals surface area contributed by atoms with E-state index in [-0.39, 0.29) is 23.0 Å². The largest absolute Gasteiger partial charge is 0.478 e. The Morgan fingerprint density at radius 3 is 2.88 bits per heavy atom. The van der Waals surface area contributed by atoms with Crippen molar-refractivity contribution < 1.29 is 19.1 Å². The lowest BCUT2D eigenvalue weighted by molar-refractivity contribution is -0.130. The van der Waals surface area contributed by atoms with E-state index in [1.165, 1.54) is 12.3 Å². The third-order valence-corrected chi connectivity index (χ3v) is 4.63. The summed E-state index contributed by atoms with van der Waals surface area (Å²) in [6.45, 7) is 3.03. The van der Waals surface area contributed by atoms with Gasteiger partial charge in [-0.25, -0.2) is 14.2 Å². The van der Waals surface area contributed by atoms with Crippen LogP contribution in [0.2, 0.25) is 0 Å². The molecule has 0 bridgehead atoms. The number of hydrogen-bond acceptors (Lipinski definition) is 4. The number of nitrogens with zero attached hydrogens (tertiary/aromatic N) is 3. The molecule has 1 atom stereocenters. The highest BCUT2D eigenvalue weighted by atomic mass is 19.1.